The number of rotatable bonds is 4. The molecule has 3 nitrogen and oxygen atoms in total. The standard InChI is InChI=1S/C13H13ClFNO2/c1-18-16-11(7-4-8-14)12(15)9-5-2-3-6-10(9)13(16)17/h2-3,5-6H,4,7-8H2,1H3. The Morgan fingerprint density at radius 2 is 2.00 bits per heavy atom. The van der Waals surface area contributed by atoms with Crippen LogP contribution in [-0.2, 0) is 6.42 Å². The average Bonchev–Trinajstić information content (AvgIpc) is 2.41. The molecule has 0 amide bonds. The van der Waals surface area contributed by atoms with Crippen LogP contribution in [0.2, 0.25) is 0 Å². The van der Waals surface area contributed by atoms with Crippen LogP contribution in [0.1, 0.15) is 12.1 Å². The third kappa shape index (κ3) is 2.08. The molecule has 2 rings (SSSR count). The molecule has 0 saturated carbocycles. The quantitative estimate of drug-likeness (QED) is 0.798. The predicted octanol–water partition coefficient (Wildman–Crippen LogP) is 2.37. The molecule has 5 heteroatoms. The van der Waals surface area contributed by atoms with Gasteiger partial charge in [-0.15, -0.1) is 16.3 Å². The van der Waals surface area contributed by atoms with Crippen LogP contribution in [0, 0.1) is 5.82 Å². The fourth-order valence-corrected chi connectivity index (χ4v) is 2.11. The second-order valence-corrected chi connectivity index (χ2v) is 4.26. The summed E-state index contributed by atoms with van der Waals surface area (Å²) >= 11 is 5.61. The number of benzene rings is 1. The van der Waals surface area contributed by atoms with Crippen molar-refractivity contribution >= 4 is 22.4 Å². The molecular formula is C13H13ClFNO2. The Labute approximate surface area is 109 Å². The third-order valence-corrected chi connectivity index (χ3v) is 3.07. The first-order valence-electron chi connectivity index (χ1n) is 5.63. The molecule has 2 aromatic rings. The van der Waals surface area contributed by atoms with Crippen molar-refractivity contribution in [3.05, 3.63) is 46.1 Å². The summed E-state index contributed by atoms with van der Waals surface area (Å²) in [6.07, 6.45) is 0.947. The Kier molecular flexibility index (Phi) is 3.87. The number of aromatic nitrogens is 1. The van der Waals surface area contributed by atoms with Crippen LogP contribution in [-0.4, -0.2) is 17.7 Å². The third-order valence-electron chi connectivity index (χ3n) is 2.81. The molecule has 0 spiro atoms. The first-order chi connectivity index (χ1) is 8.70. The lowest BCUT2D eigenvalue weighted by molar-refractivity contribution is 0.146. The van der Waals surface area contributed by atoms with Gasteiger partial charge in [0.1, 0.15) is 7.11 Å². The lowest BCUT2D eigenvalue weighted by atomic mass is 10.1. The Morgan fingerprint density at radius 3 is 2.61 bits per heavy atom. The molecule has 1 aromatic carbocycles. The van der Waals surface area contributed by atoms with Gasteiger partial charge in [-0.2, -0.15) is 0 Å². The lowest BCUT2D eigenvalue weighted by Gasteiger charge is -2.13. The molecule has 0 fully saturated rings. The molecule has 0 unspecified atom stereocenters. The molecule has 0 N–H and O–H groups in total. The van der Waals surface area contributed by atoms with Gasteiger partial charge in [0, 0.05) is 11.3 Å². The fourth-order valence-electron chi connectivity index (χ4n) is 1.98. The number of alkyl halides is 1. The minimum absolute atomic E-state index is 0.238. The molecule has 18 heavy (non-hydrogen) atoms. The molecule has 0 saturated heterocycles. The van der Waals surface area contributed by atoms with Gasteiger partial charge in [-0.05, 0) is 18.9 Å². The van der Waals surface area contributed by atoms with Crippen LogP contribution in [0.4, 0.5) is 4.39 Å². The minimum Gasteiger partial charge on any atom is -0.414 e. The van der Waals surface area contributed by atoms with Crippen LogP contribution in [0.25, 0.3) is 10.8 Å². The molecule has 96 valence electrons. The van der Waals surface area contributed by atoms with Crippen molar-refractivity contribution < 1.29 is 9.23 Å². The molecule has 0 aliphatic heterocycles. The molecule has 0 bridgehead atoms. The highest BCUT2D eigenvalue weighted by Gasteiger charge is 2.16. The van der Waals surface area contributed by atoms with Crippen molar-refractivity contribution in [3.8, 4) is 0 Å². The second kappa shape index (κ2) is 5.40. The van der Waals surface area contributed by atoms with Crippen molar-refractivity contribution in [1.29, 1.82) is 0 Å². The first-order valence-corrected chi connectivity index (χ1v) is 6.16. The average molecular weight is 270 g/mol. The summed E-state index contributed by atoms with van der Waals surface area (Å²) in [7, 11) is 1.35. The van der Waals surface area contributed by atoms with E-state index in [1.54, 1.807) is 24.3 Å². The number of halogens is 2. The lowest BCUT2D eigenvalue weighted by Crippen LogP contribution is -2.29. The van der Waals surface area contributed by atoms with Gasteiger partial charge in [0.2, 0.25) is 0 Å². The Balaban J connectivity index is 2.75. The van der Waals surface area contributed by atoms with Gasteiger partial charge in [-0.25, -0.2) is 4.39 Å². The highest BCUT2D eigenvalue weighted by Crippen LogP contribution is 2.18. The summed E-state index contributed by atoms with van der Waals surface area (Å²) < 4.78 is 15.3. The summed E-state index contributed by atoms with van der Waals surface area (Å²) in [5.74, 6) is -0.0124. The summed E-state index contributed by atoms with van der Waals surface area (Å²) in [5, 5.41) is 0.631. The van der Waals surface area contributed by atoms with E-state index < -0.39 is 5.82 Å². The zero-order chi connectivity index (χ0) is 13.1. The molecule has 0 atom stereocenters. The van der Waals surface area contributed by atoms with Crippen molar-refractivity contribution in [2.45, 2.75) is 12.8 Å². The molecule has 1 heterocycles. The van der Waals surface area contributed by atoms with Crippen molar-refractivity contribution in [3.63, 3.8) is 0 Å². The van der Waals surface area contributed by atoms with Gasteiger partial charge in [0.25, 0.3) is 5.56 Å². The van der Waals surface area contributed by atoms with Crippen LogP contribution in [0.5, 0.6) is 0 Å². The fraction of sp³-hybridized carbons (Fsp3) is 0.308. The highest BCUT2D eigenvalue weighted by molar-refractivity contribution is 6.17. The van der Waals surface area contributed by atoms with Gasteiger partial charge in [-0.1, -0.05) is 18.2 Å². The van der Waals surface area contributed by atoms with Gasteiger partial charge in [0.05, 0.1) is 11.1 Å². The van der Waals surface area contributed by atoms with E-state index in [0.29, 0.717) is 29.5 Å². The Bertz CT molecular complexity index is 624. The zero-order valence-electron chi connectivity index (χ0n) is 9.95. The smallest absolute Gasteiger partial charge is 0.291 e. The van der Waals surface area contributed by atoms with Gasteiger partial charge >= 0.3 is 0 Å². The summed E-state index contributed by atoms with van der Waals surface area (Å²) in [6, 6.07) is 6.58. The topological polar surface area (TPSA) is 31.2 Å². The molecule has 1 aromatic heterocycles. The maximum absolute atomic E-state index is 14.3. The van der Waals surface area contributed by atoms with Crippen molar-refractivity contribution in [1.82, 2.24) is 4.73 Å². The van der Waals surface area contributed by atoms with Crippen LogP contribution in [0.15, 0.2) is 29.1 Å². The van der Waals surface area contributed by atoms with E-state index in [1.807, 2.05) is 0 Å². The highest BCUT2D eigenvalue weighted by atomic mass is 35.5. The van der Waals surface area contributed by atoms with Crippen molar-refractivity contribution in [2.24, 2.45) is 0 Å². The maximum atomic E-state index is 14.3. The van der Waals surface area contributed by atoms with Gasteiger partial charge in [-0.3, -0.25) is 4.79 Å². The number of nitrogens with zero attached hydrogens (tertiary/aromatic N) is 1. The summed E-state index contributed by atoms with van der Waals surface area (Å²) in [5.41, 5.74) is -0.110. The van der Waals surface area contributed by atoms with E-state index >= 15 is 0 Å². The number of pyridine rings is 1. The largest absolute Gasteiger partial charge is 0.414 e. The van der Waals surface area contributed by atoms with Gasteiger partial charge in [0.15, 0.2) is 5.82 Å². The zero-order valence-corrected chi connectivity index (χ0v) is 10.7. The van der Waals surface area contributed by atoms with E-state index in [4.69, 9.17) is 16.4 Å². The molecular weight excluding hydrogens is 257 g/mol. The summed E-state index contributed by atoms with van der Waals surface area (Å²) in [6.45, 7) is 0. The van der Waals surface area contributed by atoms with E-state index in [9.17, 15) is 9.18 Å². The molecule has 0 radical (unpaired) electrons. The van der Waals surface area contributed by atoms with E-state index in [1.165, 1.54) is 7.11 Å². The molecule has 0 aliphatic rings. The van der Waals surface area contributed by atoms with Crippen LogP contribution in [0.3, 0.4) is 0 Å². The summed E-state index contributed by atoms with van der Waals surface area (Å²) in [4.78, 5) is 17.1. The Morgan fingerprint density at radius 1 is 1.33 bits per heavy atom. The second-order valence-electron chi connectivity index (χ2n) is 3.88. The Hall–Kier alpha value is -1.55. The van der Waals surface area contributed by atoms with Crippen molar-refractivity contribution in [2.75, 3.05) is 13.0 Å². The number of hydrogen-bond acceptors (Lipinski definition) is 2. The number of hydrogen-bond donors (Lipinski definition) is 0. The number of fused-ring (bicyclic) bond motifs is 1. The van der Waals surface area contributed by atoms with E-state index in [0.717, 1.165) is 4.73 Å². The van der Waals surface area contributed by atoms with Gasteiger partial charge < -0.3 is 4.84 Å². The molecule has 0 aliphatic carbocycles. The van der Waals surface area contributed by atoms with E-state index in [-0.39, 0.29) is 11.3 Å². The minimum atomic E-state index is -0.419. The SMILES string of the molecule is COn1c(CCCCl)c(F)c2ccccc2c1=O. The van der Waals surface area contributed by atoms with E-state index in [2.05, 4.69) is 0 Å². The predicted molar refractivity (Wildman–Crippen MR) is 69.7 cm³/mol. The normalized spacial score (nSPS) is 10.8. The first kappa shape index (κ1) is 12.9. The maximum Gasteiger partial charge on any atom is 0.291 e. The van der Waals surface area contributed by atoms with Crippen LogP contribution >= 0.6 is 11.6 Å². The monoisotopic (exact) mass is 269 g/mol. The van der Waals surface area contributed by atoms with Crippen LogP contribution < -0.4 is 10.4 Å².